The van der Waals surface area contributed by atoms with Crippen molar-refractivity contribution in [3.63, 3.8) is 0 Å². The Kier molecular flexibility index (Phi) is 8.36. The van der Waals surface area contributed by atoms with Gasteiger partial charge in [-0.15, -0.1) is 0 Å². The van der Waals surface area contributed by atoms with Crippen molar-refractivity contribution in [2.45, 2.75) is 84.0 Å². The third kappa shape index (κ3) is 7.06. The van der Waals surface area contributed by atoms with Gasteiger partial charge < -0.3 is 24.3 Å². The van der Waals surface area contributed by atoms with Gasteiger partial charge in [-0.1, -0.05) is 20.8 Å². The SMILES string of the molecule is CC(C)(OC(=O)Nc1ccc2c(c1)NC[C@H](C[C@@](C)(CO[Si](C)(C)C(C)(C)C)C(=O)O)O2)C(F)(F)F. The van der Waals surface area contributed by atoms with E-state index in [1.807, 2.05) is 0 Å². The van der Waals surface area contributed by atoms with E-state index in [1.54, 1.807) is 13.0 Å². The van der Waals surface area contributed by atoms with Gasteiger partial charge in [-0.3, -0.25) is 10.1 Å². The molecule has 0 spiro atoms. The zero-order valence-corrected chi connectivity index (χ0v) is 23.1. The van der Waals surface area contributed by atoms with Crippen LogP contribution in [0.15, 0.2) is 18.2 Å². The number of hydrogen-bond acceptors (Lipinski definition) is 6. The van der Waals surface area contributed by atoms with E-state index in [4.69, 9.17) is 9.16 Å². The fraction of sp³-hybridized carbons (Fsp3) is 0.667. The standard InChI is InChI=1S/C24H37F3N2O6Si/c1-21(2,3)36(7,8)33-14-23(6,19(30)31)12-16-13-28-17-11-15(9-10-18(17)34-16)29-20(32)35-22(4,5)24(25,26)27/h9-11,16,28H,12-14H2,1-8H3,(H,29,32)(H,30,31)/t16-,23-/m0/s1. The molecule has 0 fully saturated rings. The number of carbonyl (C=O) groups is 2. The van der Waals surface area contributed by atoms with Crippen molar-refractivity contribution in [1.29, 1.82) is 0 Å². The van der Waals surface area contributed by atoms with Gasteiger partial charge in [0.2, 0.25) is 5.60 Å². The summed E-state index contributed by atoms with van der Waals surface area (Å²) in [5.41, 5.74) is -3.10. The van der Waals surface area contributed by atoms with E-state index < -0.39 is 43.7 Å². The first-order chi connectivity index (χ1) is 16.2. The second-order valence-electron chi connectivity index (χ2n) is 11.5. The van der Waals surface area contributed by atoms with Crippen molar-refractivity contribution < 1.29 is 41.8 Å². The number of anilines is 2. The third-order valence-electron chi connectivity index (χ3n) is 6.82. The maximum absolute atomic E-state index is 12.9. The molecule has 1 amide bonds. The highest BCUT2D eigenvalue weighted by atomic mass is 28.4. The summed E-state index contributed by atoms with van der Waals surface area (Å²) in [5.74, 6) is -0.547. The minimum Gasteiger partial charge on any atom is -0.486 e. The molecule has 12 heteroatoms. The summed E-state index contributed by atoms with van der Waals surface area (Å²) in [6.07, 6.45) is -6.23. The van der Waals surface area contributed by atoms with E-state index in [-0.39, 0.29) is 23.8 Å². The van der Waals surface area contributed by atoms with Gasteiger partial charge in [0.25, 0.3) is 0 Å². The number of halogens is 3. The van der Waals surface area contributed by atoms with Gasteiger partial charge in [0, 0.05) is 18.7 Å². The second-order valence-corrected chi connectivity index (χ2v) is 16.3. The molecule has 0 unspecified atom stereocenters. The van der Waals surface area contributed by atoms with Crippen molar-refractivity contribution in [2.75, 3.05) is 23.8 Å². The van der Waals surface area contributed by atoms with Crippen molar-refractivity contribution in [3.8, 4) is 5.75 Å². The Bertz CT molecular complexity index is 978. The quantitative estimate of drug-likeness (QED) is 0.338. The number of ether oxygens (including phenoxy) is 2. The average Bonchev–Trinajstić information content (AvgIpc) is 2.70. The first kappa shape index (κ1) is 29.8. The Morgan fingerprint density at radius 1 is 1.17 bits per heavy atom. The lowest BCUT2D eigenvalue weighted by Gasteiger charge is -2.40. The van der Waals surface area contributed by atoms with Crippen LogP contribution in [0.4, 0.5) is 29.3 Å². The summed E-state index contributed by atoms with van der Waals surface area (Å²) in [4.78, 5) is 24.1. The maximum Gasteiger partial charge on any atom is 0.427 e. The number of benzene rings is 1. The molecule has 0 radical (unpaired) electrons. The molecular formula is C24H37F3N2O6Si. The summed E-state index contributed by atoms with van der Waals surface area (Å²) in [6.45, 7) is 13.9. The average molecular weight is 535 g/mol. The first-order valence-corrected chi connectivity index (χ1v) is 14.6. The van der Waals surface area contributed by atoms with E-state index in [0.29, 0.717) is 18.0 Å². The summed E-state index contributed by atoms with van der Waals surface area (Å²) in [6, 6.07) is 4.51. The summed E-state index contributed by atoms with van der Waals surface area (Å²) < 4.78 is 55.6. The van der Waals surface area contributed by atoms with Gasteiger partial charge in [0.05, 0.1) is 17.6 Å². The lowest BCUT2D eigenvalue weighted by Crippen LogP contribution is -2.47. The van der Waals surface area contributed by atoms with Gasteiger partial charge in [-0.05, 0) is 57.1 Å². The molecule has 0 saturated carbocycles. The maximum atomic E-state index is 12.9. The minimum absolute atomic E-state index is 0.0603. The number of nitrogens with one attached hydrogen (secondary N) is 2. The monoisotopic (exact) mass is 534 g/mol. The van der Waals surface area contributed by atoms with Crippen LogP contribution in [-0.4, -0.2) is 56.5 Å². The number of carboxylic acids is 1. The molecule has 2 rings (SSSR count). The second kappa shape index (κ2) is 10.1. The van der Waals surface area contributed by atoms with Crippen LogP contribution in [-0.2, 0) is 14.0 Å². The topological polar surface area (TPSA) is 106 Å². The summed E-state index contributed by atoms with van der Waals surface area (Å²) >= 11 is 0. The molecule has 1 aromatic rings. The van der Waals surface area contributed by atoms with Crippen molar-refractivity contribution in [3.05, 3.63) is 18.2 Å². The lowest BCUT2D eigenvalue weighted by molar-refractivity contribution is -0.242. The van der Waals surface area contributed by atoms with Crippen LogP contribution in [0.2, 0.25) is 18.1 Å². The number of amides is 1. The molecular weight excluding hydrogens is 497 g/mol. The predicted octanol–water partition coefficient (Wildman–Crippen LogP) is 6.25. The Hall–Kier alpha value is -2.47. The fourth-order valence-corrected chi connectivity index (χ4v) is 4.22. The Labute approximate surface area is 211 Å². The molecule has 204 valence electrons. The number of carboxylic acid groups (broad SMARTS) is 1. The van der Waals surface area contributed by atoms with Crippen molar-refractivity contribution >= 4 is 31.8 Å². The van der Waals surface area contributed by atoms with Crippen molar-refractivity contribution in [2.24, 2.45) is 5.41 Å². The number of carbonyl (C=O) groups excluding carboxylic acids is 1. The van der Waals surface area contributed by atoms with Crippen LogP contribution in [0.1, 0.15) is 48.0 Å². The Balaban J connectivity index is 2.05. The number of alkyl halides is 3. The van der Waals surface area contributed by atoms with Crippen molar-refractivity contribution in [1.82, 2.24) is 0 Å². The van der Waals surface area contributed by atoms with E-state index in [0.717, 1.165) is 13.8 Å². The van der Waals surface area contributed by atoms with Gasteiger partial charge in [0.1, 0.15) is 11.9 Å². The molecule has 1 aliphatic rings. The molecule has 0 aliphatic carbocycles. The van der Waals surface area contributed by atoms with Crippen LogP contribution in [0, 0.1) is 5.41 Å². The first-order valence-electron chi connectivity index (χ1n) is 11.7. The van der Waals surface area contributed by atoms with Gasteiger partial charge in [0.15, 0.2) is 8.32 Å². The lowest BCUT2D eigenvalue weighted by atomic mass is 9.85. The third-order valence-corrected chi connectivity index (χ3v) is 11.3. The molecule has 0 aromatic heterocycles. The molecule has 0 bridgehead atoms. The van der Waals surface area contributed by atoms with Gasteiger partial charge in [-0.25, -0.2) is 4.79 Å². The van der Waals surface area contributed by atoms with Crippen LogP contribution < -0.4 is 15.4 Å². The number of rotatable bonds is 8. The van der Waals surface area contributed by atoms with E-state index in [2.05, 4.69) is 49.2 Å². The number of fused-ring (bicyclic) bond motifs is 1. The van der Waals surface area contributed by atoms with E-state index >= 15 is 0 Å². The molecule has 36 heavy (non-hydrogen) atoms. The van der Waals surface area contributed by atoms with E-state index in [1.165, 1.54) is 12.1 Å². The molecule has 1 aliphatic heterocycles. The molecule has 2 atom stereocenters. The molecule has 0 saturated heterocycles. The minimum atomic E-state index is -4.72. The summed E-state index contributed by atoms with van der Waals surface area (Å²) in [5, 5.41) is 15.3. The van der Waals surface area contributed by atoms with Crippen LogP contribution in [0.25, 0.3) is 0 Å². The smallest absolute Gasteiger partial charge is 0.427 e. The van der Waals surface area contributed by atoms with E-state index in [9.17, 15) is 27.9 Å². The Morgan fingerprint density at radius 2 is 1.78 bits per heavy atom. The molecule has 1 aromatic carbocycles. The molecule has 1 heterocycles. The number of aliphatic carboxylic acids is 1. The van der Waals surface area contributed by atoms with Crippen LogP contribution in [0.5, 0.6) is 5.75 Å². The largest absolute Gasteiger partial charge is 0.486 e. The predicted molar refractivity (Wildman–Crippen MR) is 133 cm³/mol. The fourth-order valence-electron chi connectivity index (χ4n) is 3.11. The van der Waals surface area contributed by atoms with Gasteiger partial charge in [-0.2, -0.15) is 13.2 Å². The van der Waals surface area contributed by atoms with Crippen LogP contribution >= 0.6 is 0 Å². The summed E-state index contributed by atoms with van der Waals surface area (Å²) in [7, 11) is -2.16. The zero-order chi connectivity index (χ0) is 27.7. The molecule has 8 nitrogen and oxygen atoms in total. The molecule has 3 N–H and O–H groups in total. The normalized spacial score (nSPS) is 18.2. The highest BCUT2D eigenvalue weighted by Gasteiger charge is 2.51. The van der Waals surface area contributed by atoms with Gasteiger partial charge >= 0.3 is 18.2 Å². The zero-order valence-electron chi connectivity index (χ0n) is 22.1. The highest BCUT2D eigenvalue weighted by Crippen LogP contribution is 2.40. The highest BCUT2D eigenvalue weighted by molar-refractivity contribution is 6.74. The number of hydrogen-bond donors (Lipinski definition) is 3. The van der Waals surface area contributed by atoms with Crippen LogP contribution in [0.3, 0.4) is 0 Å². The Morgan fingerprint density at radius 3 is 2.31 bits per heavy atom.